The molecule has 0 heterocycles. The fraction of sp³-hybridized carbons (Fsp3) is 0.417. The molecule has 0 aliphatic rings. The lowest BCUT2D eigenvalue weighted by molar-refractivity contribution is -0.120. The molecule has 1 atom stereocenters. The minimum Gasteiger partial charge on any atom is -0.493 e. The van der Waals surface area contributed by atoms with Gasteiger partial charge in [-0.3, -0.25) is 4.79 Å². The van der Waals surface area contributed by atoms with Gasteiger partial charge in [-0.25, -0.2) is 0 Å². The normalized spacial score (nSPS) is 11.7. The Bertz CT molecular complexity index is 393. The molecular formula is C12H18N2O3. The summed E-state index contributed by atoms with van der Waals surface area (Å²) in [5.74, 6) is 0.770. The van der Waals surface area contributed by atoms with Gasteiger partial charge < -0.3 is 20.5 Å². The highest BCUT2D eigenvalue weighted by molar-refractivity contribution is 5.76. The van der Waals surface area contributed by atoms with Gasteiger partial charge in [0.1, 0.15) is 0 Å². The van der Waals surface area contributed by atoms with Gasteiger partial charge in [0.15, 0.2) is 11.5 Å². The van der Waals surface area contributed by atoms with Crippen LogP contribution in [0.4, 0.5) is 5.69 Å². The maximum Gasteiger partial charge on any atom is 0.222 e. The summed E-state index contributed by atoms with van der Waals surface area (Å²) < 4.78 is 10.3. The zero-order valence-corrected chi connectivity index (χ0v) is 10.3. The molecule has 5 nitrogen and oxygen atoms in total. The van der Waals surface area contributed by atoms with E-state index in [1.807, 2.05) is 12.1 Å². The summed E-state index contributed by atoms with van der Waals surface area (Å²) in [5.41, 5.74) is 6.04. The minimum atomic E-state index is -0.321. The van der Waals surface area contributed by atoms with Crippen molar-refractivity contribution in [1.82, 2.24) is 0 Å². The van der Waals surface area contributed by atoms with Gasteiger partial charge in [-0.1, -0.05) is 6.92 Å². The molecule has 5 heteroatoms. The van der Waals surface area contributed by atoms with Crippen molar-refractivity contribution in [2.24, 2.45) is 11.7 Å². The van der Waals surface area contributed by atoms with E-state index >= 15 is 0 Å². The zero-order chi connectivity index (χ0) is 12.8. The summed E-state index contributed by atoms with van der Waals surface area (Å²) in [6.45, 7) is 2.26. The lowest BCUT2D eigenvalue weighted by Gasteiger charge is -2.13. The summed E-state index contributed by atoms with van der Waals surface area (Å²) in [5, 5.41) is 3.12. The molecule has 0 aliphatic carbocycles. The standard InChI is InChI=1S/C12H18N2O3/c1-8(12(13)15)7-14-9-4-5-10(16-2)11(6-9)17-3/h4-6,8,14H,7H2,1-3H3,(H2,13,15). The Hall–Kier alpha value is -1.91. The molecule has 1 unspecified atom stereocenters. The van der Waals surface area contributed by atoms with Gasteiger partial charge in [-0.05, 0) is 12.1 Å². The van der Waals surface area contributed by atoms with E-state index in [-0.39, 0.29) is 11.8 Å². The maximum atomic E-state index is 10.9. The Morgan fingerprint density at radius 2 is 2.00 bits per heavy atom. The van der Waals surface area contributed by atoms with Crippen molar-refractivity contribution in [3.05, 3.63) is 18.2 Å². The van der Waals surface area contributed by atoms with Crippen LogP contribution in [0.1, 0.15) is 6.92 Å². The maximum absolute atomic E-state index is 10.9. The van der Waals surface area contributed by atoms with Crippen LogP contribution in [0, 0.1) is 5.92 Å². The predicted molar refractivity (Wildman–Crippen MR) is 66.4 cm³/mol. The molecule has 0 fully saturated rings. The molecule has 94 valence electrons. The third kappa shape index (κ3) is 3.55. The molecule has 0 saturated carbocycles. The molecule has 0 radical (unpaired) electrons. The summed E-state index contributed by atoms with van der Waals surface area (Å²) in [7, 11) is 3.16. The lowest BCUT2D eigenvalue weighted by Crippen LogP contribution is -2.26. The lowest BCUT2D eigenvalue weighted by atomic mass is 10.1. The fourth-order valence-corrected chi connectivity index (χ4v) is 1.32. The predicted octanol–water partition coefficient (Wildman–Crippen LogP) is 1.24. The summed E-state index contributed by atoms with van der Waals surface area (Å²) in [4.78, 5) is 10.9. The first kappa shape index (κ1) is 13.2. The molecule has 1 aromatic carbocycles. The number of benzene rings is 1. The number of amides is 1. The molecule has 17 heavy (non-hydrogen) atoms. The van der Waals surface area contributed by atoms with Gasteiger partial charge in [0.05, 0.1) is 20.1 Å². The van der Waals surface area contributed by atoms with Crippen molar-refractivity contribution in [2.45, 2.75) is 6.92 Å². The Morgan fingerprint density at radius 1 is 1.35 bits per heavy atom. The third-order valence-electron chi connectivity index (χ3n) is 2.48. The second-order valence-corrected chi connectivity index (χ2v) is 3.75. The van der Waals surface area contributed by atoms with Crippen LogP contribution >= 0.6 is 0 Å². The van der Waals surface area contributed by atoms with Crippen LogP contribution in [-0.2, 0) is 4.79 Å². The second-order valence-electron chi connectivity index (χ2n) is 3.75. The number of ether oxygens (including phenoxy) is 2. The molecule has 3 N–H and O–H groups in total. The average Bonchev–Trinajstić information content (AvgIpc) is 2.35. The van der Waals surface area contributed by atoms with Gasteiger partial charge in [0.25, 0.3) is 0 Å². The van der Waals surface area contributed by atoms with E-state index in [9.17, 15) is 4.79 Å². The first-order chi connectivity index (χ1) is 8.08. The Labute approximate surface area is 101 Å². The molecule has 1 amide bonds. The number of carbonyl (C=O) groups excluding carboxylic acids is 1. The number of methoxy groups -OCH3 is 2. The monoisotopic (exact) mass is 238 g/mol. The number of hydrogen-bond donors (Lipinski definition) is 2. The van der Waals surface area contributed by atoms with Crippen LogP contribution in [0.25, 0.3) is 0 Å². The summed E-state index contributed by atoms with van der Waals surface area (Å²) >= 11 is 0. The van der Waals surface area contributed by atoms with Crippen molar-refractivity contribution < 1.29 is 14.3 Å². The number of nitrogens with two attached hydrogens (primary N) is 1. The molecule has 0 saturated heterocycles. The highest BCUT2D eigenvalue weighted by Gasteiger charge is 2.09. The molecule has 0 spiro atoms. The van der Waals surface area contributed by atoms with Crippen molar-refractivity contribution in [2.75, 3.05) is 26.1 Å². The zero-order valence-electron chi connectivity index (χ0n) is 10.3. The molecular weight excluding hydrogens is 220 g/mol. The molecule has 0 bridgehead atoms. The van der Waals surface area contributed by atoms with Crippen molar-refractivity contribution >= 4 is 11.6 Å². The van der Waals surface area contributed by atoms with Gasteiger partial charge in [-0.15, -0.1) is 0 Å². The fourth-order valence-electron chi connectivity index (χ4n) is 1.32. The molecule has 1 rings (SSSR count). The third-order valence-corrected chi connectivity index (χ3v) is 2.48. The average molecular weight is 238 g/mol. The van der Waals surface area contributed by atoms with Gasteiger partial charge >= 0.3 is 0 Å². The van der Waals surface area contributed by atoms with E-state index < -0.39 is 0 Å². The molecule has 0 aromatic heterocycles. The SMILES string of the molecule is COc1ccc(NCC(C)C(N)=O)cc1OC. The molecule has 0 aliphatic heterocycles. The number of hydrogen-bond acceptors (Lipinski definition) is 4. The van der Waals surface area contributed by atoms with Crippen molar-refractivity contribution in [3.8, 4) is 11.5 Å². The van der Waals surface area contributed by atoms with Crippen LogP contribution in [0.2, 0.25) is 0 Å². The number of primary amides is 1. The Balaban J connectivity index is 2.69. The first-order valence-corrected chi connectivity index (χ1v) is 5.33. The summed E-state index contributed by atoms with van der Waals surface area (Å²) in [6, 6.07) is 5.47. The second kappa shape index (κ2) is 5.98. The largest absolute Gasteiger partial charge is 0.493 e. The summed E-state index contributed by atoms with van der Waals surface area (Å²) in [6.07, 6.45) is 0. The topological polar surface area (TPSA) is 73.6 Å². The van der Waals surface area contributed by atoms with Gasteiger partial charge in [-0.2, -0.15) is 0 Å². The minimum absolute atomic E-state index is 0.219. The smallest absolute Gasteiger partial charge is 0.222 e. The van der Waals surface area contributed by atoms with Gasteiger partial charge in [0.2, 0.25) is 5.91 Å². The van der Waals surface area contributed by atoms with E-state index in [1.165, 1.54) is 0 Å². The van der Waals surface area contributed by atoms with E-state index in [0.29, 0.717) is 18.0 Å². The highest BCUT2D eigenvalue weighted by atomic mass is 16.5. The Kier molecular flexibility index (Phi) is 4.63. The number of carbonyl (C=O) groups is 1. The first-order valence-electron chi connectivity index (χ1n) is 5.33. The van der Waals surface area contributed by atoms with E-state index in [2.05, 4.69) is 5.32 Å². The van der Waals surface area contributed by atoms with Gasteiger partial charge in [0, 0.05) is 18.3 Å². The Morgan fingerprint density at radius 3 is 2.53 bits per heavy atom. The van der Waals surface area contributed by atoms with Crippen molar-refractivity contribution in [1.29, 1.82) is 0 Å². The van der Waals surface area contributed by atoms with E-state index in [1.54, 1.807) is 27.2 Å². The van der Waals surface area contributed by atoms with E-state index in [0.717, 1.165) is 5.69 Å². The molecule has 1 aromatic rings. The van der Waals surface area contributed by atoms with Crippen molar-refractivity contribution in [3.63, 3.8) is 0 Å². The van der Waals surface area contributed by atoms with Crippen LogP contribution < -0.4 is 20.5 Å². The van der Waals surface area contributed by atoms with Crippen LogP contribution in [0.3, 0.4) is 0 Å². The van der Waals surface area contributed by atoms with E-state index in [4.69, 9.17) is 15.2 Å². The quantitative estimate of drug-likeness (QED) is 0.782. The number of rotatable bonds is 6. The van der Waals surface area contributed by atoms with Crippen LogP contribution in [0.15, 0.2) is 18.2 Å². The highest BCUT2D eigenvalue weighted by Crippen LogP contribution is 2.29. The number of nitrogens with one attached hydrogen (secondary N) is 1. The van der Waals surface area contributed by atoms with Crippen LogP contribution in [0.5, 0.6) is 11.5 Å². The number of anilines is 1. The van der Waals surface area contributed by atoms with Crippen LogP contribution in [-0.4, -0.2) is 26.7 Å².